The van der Waals surface area contributed by atoms with E-state index in [1.54, 1.807) is 18.1 Å². The Hall–Kier alpha value is -1.36. The van der Waals surface area contributed by atoms with Gasteiger partial charge in [0.1, 0.15) is 0 Å². The third-order valence-electron chi connectivity index (χ3n) is 2.76. The average Bonchev–Trinajstić information content (AvgIpc) is 2.70. The number of nitrogens with one attached hydrogen (secondary N) is 1. The Morgan fingerprint density at radius 1 is 1.69 bits per heavy atom. The highest BCUT2D eigenvalue weighted by atomic mass is 16.2. The minimum atomic E-state index is 0.108. The van der Waals surface area contributed by atoms with Crippen LogP contribution in [0.3, 0.4) is 0 Å². The molecule has 0 aliphatic heterocycles. The topological polar surface area (TPSA) is 50.2 Å². The van der Waals surface area contributed by atoms with E-state index in [9.17, 15) is 4.79 Å². The van der Waals surface area contributed by atoms with Crippen LogP contribution < -0.4 is 5.32 Å². The van der Waals surface area contributed by atoms with Crippen molar-refractivity contribution in [1.29, 1.82) is 0 Å². The summed E-state index contributed by atoms with van der Waals surface area (Å²) in [6.45, 7) is 5.08. The number of nitrogens with zero attached hydrogens (tertiary/aromatic N) is 3. The Bertz CT molecular complexity index is 348. The van der Waals surface area contributed by atoms with Gasteiger partial charge in [0.25, 0.3) is 0 Å². The molecular formula is C11H20N4O. The molecule has 0 fully saturated rings. The number of hydrogen-bond donors (Lipinski definition) is 1. The van der Waals surface area contributed by atoms with E-state index in [4.69, 9.17) is 0 Å². The quantitative estimate of drug-likeness (QED) is 0.794. The smallest absolute Gasteiger partial charge is 0.236 e. The van der Waals surface area contributed by atoms with E-state index in [0.717, 1.165) is 12.2 Å². The normalized spacial score (nSPS) is 12.5. The van der Waals surface area contributed by atoms with Crippen LogP contribution in [-0.2, 0) is 11.8 Å². The van der Waals surface area contributed by atoms with Crippen LogP contribution >= 0.6 is 0 Å². The van der Waals surface area contributed by atoms with Crippen molar-refractivity contribution in [2.45, 2.75) is 19.9 Å². The first-order valence-electron chi connectivity index (χ1n) is 5.51. The van der Waals surface area contributed by atoms with E-state index in [1.165, 1.54) is 0 Å². The molecule has 1 N–H and O–H groups in total. The summed E-state index contributed by atoms with van der Waals surface area (Å²) < 4.78 is 1.81. The summed E-state index contributed by atoms with van der Waals surface area (Å²) in [5, 5.41) is 7.29. The first kappa shape index (κ1) is 12.7. The second kappa shape index (κ2) is 5.65. The summed E-state index contributed by atoms with van der Waals surface area (Å²) >= 11 is 0. The third-order valence-corrected chi connectivity index (χ3v) is 2.76. The fourth-order valence-corrected chi connectivity index (χ4v) is 1.47. The molecule has 0 saturated carbocycles. The highest BCUT2D eigenvalue weighted by Gasteiger charge is 2.12. The van der Waals surface area contributed by atoms with Gasteiger partial charge in [0.15, 0.2) is 0 Å². The number of rotatable bonds is 5. The first-order valence-corrected chi connectivity index (χ1v) is 5.51. The van der Waals surface area contributed by atoms with Crippen LogP contribution in [0.25, 0.3) is 0 Å². The molecule has 90 valence electrons. The fraction of sp³-hybridized carbons (Fsp3) is 0.636. The largest absolute Gasteiger partial charge is 0.345 e. The average molecular weight is 224 g/mol. The molecule has 0 aromatic carbocycles. The molecule has 1 atom stereocenters. The molecule has 1 unspecified atom stereocenters. The van der Waals surface area contributed by atoms with Gasteiger partial charge in [0.2, 0.25) is 5.91 Å². The van der Waals surface area contributed by atoms with E-state index in [2.05, 4.69) is 10.4 Å². The molecule has 1 aromatic heterocycles. The van der Waals surface area contributed by atoms with Crippen LogP contribution in [0.2, 0.25) is 0 Å². The molecule has 0 aliphatic carbocycles. The molecule has 1 amide bonds. The predicted octanol–water partition coefficient (Wildman–Crippen LogP) is 0.549. The molecule has 16 heavy (non-hydrogen) atoms. The van der Waals surface area contributed by atoms with Gasteiger partial charge < -0.3 is 10.2 Å². The van der Waals surface area contributed by atoms with Crippen molar-refractivity contribution in [3.63, 3.8) is 0 Å². The molecule has 5 nitrogen and oxygen atoms in total. The molecule has 5 heteroatoms. The molecule has 0 bridgehead atoms. The van der Waals surface area contributed by atoms with Crippen LogP contribution in [0.15, 0.2) is 12.3 Å². The van der Waals surface area contributed by atoms with Crippen molar-refractivity contribution >= 4 is 5.91 Å². The molecule has 0 spiro atoms. The molecule has 1 heterocycles. The van der Waals surface area contributed by atoms with Crippen LogP contribution in [0.1, 0.15) is 25.6 Å². The lowest BCUT2D eigenvalue weighted by Crippen LogP contribution is -2.36. The van der Waals surface area contributed by atoms with Crippen LogP contribution in [0.5, 0.6) is 0 Å². The Balaban J connectivity index is 2.45. The summed E-state index contributed by atoms with van der Waals surface area (Å²) in [6, 6.07) is 2.08. The van der Waals surface area contributed by atoms with E-state index in [0.29, 0.717) is 6.54 Å². The minimum absolute atomic E-state index is 0.108. The maximum absolute atomic E-state index is 11.6. The summed E-state index contributed by atoms with van der Waals surface area (Å²) in [4.78, 5) is 13.3. The second-order valence-electron chi connectivity index (χ2n) is 3.89. The van der Waals surface area contributed by atoms with E-state index >= 15 is 0 Å². The summed E-state index contributed by atoms with van der Waals surface area (Å²) in [5.41, 5.74) is 1.08. The number of hydrogen-bond acceptors (Lipinski definition) is 3. The SMILES string of the molecule is CCN(C)C(=O)CNC(C)c1ccnn1C. The van der Waals surface area contributed by atoms with Crippen LogP contribution in [0, 0.1) is 0 Å². The Labute approximate surface area is 96.4 Å². The van der Waals surface area contributed by atoms with Crippen molar-refractivity contribution in [3.05, 3.63) is 18.0 Å². The number of amides is 1. The van der Waals surface area contributed by atoms with Gasteiger partial charge in [0.05, 0.1) is 12.2 Å². The monoisotopic (exact) mass is 224 g/mol. The fourth-order valence-electron chi connectivity index (χ4n) is 1.47. The van der Waals surface area contributed by atoms with Crippen molar-refractivity contribution in [2.24, 2.45) is 7.05 Å². The lowest BCUT2D eigenvalue weighted by atomic mass is 10.2. The van der Waals surface area contributed by atoms with E-state index in [1.807, 2.05) is 31.6 Å². The maximum atomic E-state index is 11.6. The Morgan fingerprint density at radius 3 is 2.88 bits per heavy atom. The number of aromatic nitrogens is 2. The summed E-state index contributed by atoms with van der Waals surface area (Å²) in [6.07, 6.45) is 1.76. The van der Waals surface area contributed by atoms with Gasteiger partial charge in [-0.3, -0.25) is 9.48 Å². The zero-order chi connectivity index (χ0) is 12.1. The third kappa shape index (κ3) is 3.06. The van der Waals surface area contributed by atoms with Gasteiger partial charge in [-0.25, -0.2) is 0 Å². The Morgan fingerprint density at radius 2 is 2.38 bits per heavy atom. The molecule has 0 saturated heterocycles. The highest BCUT2D eigenvalue weighted by Crippen LogP contribution is 2.09. The standard InChI is InChI=1S/C11H20N4O/c1-5-14(3)11(16)8-12-9(2)10-6-7-13-15(10)4/h6-7,9,12H,5,8H2,1-4H3. The van der Waals surface area contributed by atoms with Gasteiger partial charge in [-0.2, -0.15) is 5.10 Å². The number of likely N-dealkylation sites (N-methyl/N-ethyl adjacent to an activating group) is 1. The highest BCUT2D eigenvalue weighted by molar-refractivity contribution is 5.77. The molecule has 1 rings (SSSR count). The van der Waals surface area contributed by atoms with E-state index in [-0.39, 0.29) is 11.9 Å². The van der Waals surface area contributed by atoms with Gasteiger partial charge >= 0.3 is 0 Å². The zero-order valence-electron chi connectivity index (χ0n) is 10.4. The van der Waals surface area contributed by atoms with Crippen molar-refractivity contribution in [1.82, 2.24) is 20.0 Å². The summed E-state index contributed by atoms with van der Waals surface area (Å²) in [5.74, 6) is 0.108. The van der Waals surface area contributed by atoms with Crippen LogP contribution in [0.4, 0.5) is 0 Å². The summed E-state index contributed by atoms with van der Waals surface area (Å²) in [7, 11) is 3.70. The number of aryl methyl sites for hydroxylation is 1. The van der Waals surface area contributed by atoms with Gasteiger partial charge in [0, 0.05) is 32.9 Å². The van der Waals surface area contributed by atoms with Gasteiger partial charge in [-0.1, -0.05) is 0 Å². The second-order valence-corrected chi connectivity index (χ2v) is 3.89. The van der Waals surface area contributed by atoms with Crippen molar-refractivity contribution in [2.75, 3.05) is 20.1 Å². The predicted molar refractivity (Wildman–Crippen MR) is 62.9 cm³/mol. The molecule has 0 radical (unpaired) electrons. The number of carbonyl (C=O) groups excluding carboxylic acids is 1. The lowest BCUT2D eigenvalue weighted by Gasteiger charge is -2.18. The maximum Gasteiger partial charge on any atom is 0.236 e. The van der Waals surface area contributed by atoms with Crippen molar-refractivity contribution < 1.29 is 4.79 Å². The lowest BCUT2D eigenvalue weighted by molar-refractivity contribution is -0.128. The molecule has 0 aliphatic rings. The first-order chi connectivity index (χ1) is 7.56. The molecular weight excluding hydrogens is 204 g/mol. The van der Waals surface area contributed by atoms with Crippen molar-refractivity contribution in [3.8, 4) is 0 Å². The molecule has 1 aromatic rings. The number of carbonyl (C=O) groups is 1. The van der Waals surface area contributed by atoms with Crippen LogP contribution in [-0.4, -0.2) is 40.7 Å². The zero-order valence-corrected chi connectivity index (χ0v) is 10.4. The van der Waals surface area contributed by atoms with E-state index < -0.39 is 0 Å². The van der Waals surface area contributed by atoms with Gasteiger partial charge in [-0.15, -0.1) is 0 Å². The minimum Gasteiger partial charge on any atom is -0.345 e. The Kier molecular flexibility index (Phi) is 4.49. The van der Waals surface area contributed by atoms with Gasteiger partial charge in [-0.05, 0) is 19.9 Å².